The number of hydrogen-bond donors (Lipinski definition) is 2. The zero-order valence-corrected chi connectivity index (χ0v) is 20.4. The summed E-state index contributed by atoms with van der Waals surface area (Å²) >= 11 is 5.94. The predicted octanol–water partition coefficient (Wildman–Crippen LogP) is 6.68. The van der Waals surface area contributed by atoms with Crippen LogP contribution in [-0.4, -0.2) is 29.8 Å². The third-order valence-electron chi connectivity index (χ3n) is 6.52. The van der Waals surface area contributed by atoms with Crippen LogP contribution in [0.2, 0.25) is 5.02 Å². The Morgan fingerprint density at radius 3 is 2.11 bits per heavy atom. The average Bonchev–Trinajstić information content (AvgIpc) is 3.20. The van der Waals surface area contributed by atoms with Crippen molar-refractivity contribution in [2.45, 2.75) is 18.4 Å². The number of ether oxygens (including phenoxy) is 1. The molecule has 0 saturated carbocycles. The molecule has 0 unspecified atom stereocenters. The van der Waals surface area contributed by atoms with Gasteiger partial charge in [-0.05, 0) is 57.1 Å². The normalized spacial score (nSPS) is 12.9. The second-order valence-corrected chi connectivity index (χ2v) is 9.36. The van der Waals surface area contributed by atoms with Gasteiger partial charge in [-0.25, -0.2) is 14.0 Å². The van der Waals surface area contributed by atoms with Gasteiger partial charge < -0.3 is 15.2 Å². The van der Waals surface area contributed by atoms with Gasteiger partial charge in [0.15, 0.2) is 0 Å². The summed E-state index contributed by atoms with van der Waals surface area (Å²) in [6.45, 7) is 0.0943. The van der Waals surface area contributed by atoms with Crippen molar-refractivity contribution in [1.82, 2.24) is 5.32 Å². The predicted molar refractivity (Wildman–Crippen MR) is 140 cm³/mol. The number of carbonyl (C=O) groups excluding carboxylic acids is 1. The largest absolute Gasteiger partial charge is 0.480 e. The standard InChI is InChI=1S/C30H23ClFNO4/c31-21-14-20(15-22(32)16-21)19-11-9-18(10-12-19)13-28(29(34)35)33-30(36)37-17-27-25-7-3-1-5-23(25)24-6-2-4-8-26(24)27/h1-12,14-16,27-28H,13,17H2,(H,33,36)(H,34,35)/t28-/m0/s1. The molecule has 0 aromatic heterocycles. The van der Waals surface area contributed by atoms with E-state index in [0.29, 0.717) is 11.1 Å². The summed E-state index contributed by atoms with van der Waals surface area (Å²) in [5.41, 5.74) is 6.41. The van der Waals surface area contributed by atoms with E-state index >= 15 is 0 Å². The minimum absolute atomic E-state index is 0.0592. The van der Waals surface area contributed by atoms with Crippen molar-refractivity contribution >= 4 is 23.7 Å². The second-order valence-electron chi connectivity index (χ2n) is 8.92. The SMILES string of the molecule is O=C(N[C@@H](Cc1ccc(-c2cc(F)cc(Cl)c2)cc1)C(=O)O)OCC1c2ccccc2-c2ccccc21. The van der Waals surface area contributed by atoms with E-state index in [1.54, 1.807) is 30.3 Å². The molecule has 186 valence electrons. The molecule has 1 aliphatic carbocycles. The summed E-state index contributed by atoms with van der Waals surface area (Å²) in [5, 5.41) is 12.5. The smallest absolute Gasteiger partial charge is 0.407 e. The lowest BCUT2D eigenvalue weighted by molar-refractivity contribution is -0.139. The molecule has 4 aromatic carbocycles. The summed E-state index contributed by atoms with van der Waals surface area (Å²) in [6.07, 6.45) is -0.732. The maximum atomic E-state index is 13.7. The van der Waals surface area contributed by atoms with E-state index in [-0.39, 0.29) is 24.0 Å². The lowest BCUT2D eigenvalue weighted by Gasteiger charge is -2.17. The number of hydrogen-bond acceptors (Lipinski definition) is 3. The number of nitrogens with one attached hydrogen (secondary N) is 1. The van der Waals surface area contributed by atoms with E-state index in [2.05, 4.69) is 5.32 Å². The van der Waals surface area contributed by atoms with Crippen molar-refractivity contribution in [3.05, 3.63) is 119 Å². The molecule has 0 bridgehead atoms. The van der Waals surface area contributed by atoms with Crippen LogP contribution >= 0.6 is 11.6 Å². The van der Waals surface area contributed by atoms with Gasteiger partial charge in [0.25, 0.3) is 0 Å². The van der Waals surface area contributed by atoms with E-state index in [9.17, 15) is 19.1 Å². The van der Waals surface area contributed by atoms with Gasteiger partial charge in [0.1, 0.15) is 18.5 Å². The van der Waals surface area contributed by atoms with Crippen LogP contribution in [0, 0.1) is 5.82 Å². The van der Waals surface area contributed by atoms with Gasteiger partial charge in [-0.3, -0.25) is 0 Å². The molecule has 37 heavy (non-hydrogen) atoms. The van der Waals surface area contributed by atoms with E-state index in [0.717, 1.165) is 27.8 Å². The van der Waals surface area contributed by atoms with E-state index in [4.69, 9.17) is 16.3 Å². The Kier molecular flexibility index (Phi) is 6.93. The van der Waals surface area contributed by atoms with E-state index in [1.807, 2.05) is 48.5 Å². The van der Waals surface area contributed by atoms with Crippen LogP contribution in [0.5, 0.6) is 0 Å². The molecule has 7 heteroatoms. The molecule has 5 nitrogen and oxygen atoms in total. The minimum Gasteiger partial charge on any atom is -0.480 e. The first-order chi connectivity index (χ1) is 17.9. The van der Waals surface area contributed by atoms with E-state index < -0.39 is 23.9 Å². The number of benzene rings is 4. The molecule has 0 saturated heterocycles. The molecule has 0 fully saturated rings. The van der Waals surface area contributed by atoms with Crippen molar-refractivity contribution in [2.75, 3.05) is 6.61 Å². The van der Waals surface area contributed by atoms with Gasteiger partial charge in [-0.15, -0.1) is 0 Å². The van der Waals surface area contributed by atoms with Crippen molar-refractivity contribution in [1.29, 1.82) is 0 Å². The number of rotatable bonds is 7. The number of halogens is 2. The van der Waals surface area contributed by atoms with Gasteiger partial charge in [0.05, 0.1) is 0 Å². The van der Waals surface area contributed by atoms with Crippen LogP contribution in [0.25, 0.3) is 22.3 Å². The molecule has 2 N–H and O–H groups in total. The molecule has 0 spiro atoms. The molecule has 1 amide bonds. The number of carbonyl (C=O) groups is 2. The molecule has 0 heterocycles. The summed E-state index contributed by atoms with van der Waals surface area (Å²) in [6, 6.07) is 26.0. The zero-order chi connectivity index (χ0) is 25.9. The fraction of sp³-hybridized carbons (Fsp3) is 0.133. The second kappa shape index (κ2) is 10.4. The van der Waals surface area contributed by atoms with Gasteiger partial charge in [-0.1, -0.05) is 84.4 Å². The number of aliphatic carboxylic acids is 1. The number of fused-ring (bicyclic) bond motifs is 3. The van der Waals surface area contributed by atoms with Gasteiger partial charge in [-0.2, -0.15) is 0 Å². The monoisotopic (exact) mass is 515 g/mol. The Morgan fingerprint density at radius 1 is 0.892 bits per heavy atom. The maximum Gasteiger partial charge on any atom is 0.407 e. The Hall–Kier alpha value is -4.16. The molecule has 0 radical (unpaired) electrons. The van der Waals surface area contributed by atoms with E-state index in [1.165, 1.54) is 12.1 Å². The van der Waals surface area contributed by atoms with Crippen LogP contribution in [0.4, 0.5) is 9.18 Å². The maximum absolute atomic E-state index is 13.7. The minimum atomic E-state index is -1.18. The molecule has 5 rings (SSSR count). The quantitative estimate of drug-likeness (QED) is 0.288. The Bertz CT molecular complexity index is 1410. The Morgan fingerprint density at radius 2 is 1.51 bits per heavy atom. The highest BCUT2D eigenvalue weighted by atomic mass is 35.5. The van der Waals surface area contributed by atoms with Crippen LogP contribution in [0.15, 0.2) is 91.0 Å². The van der Waals surface area contributed by atoms with Crippen molar-refractivity contribution in [2.24, 2.45) is 0 Å². The highest BCUT2D eigenvalue weighted by Gasteiger charge is 2.29. The third kappa shape index (κ3) is 5.34. The summed E-state index contributed by atoms with van der Waals surface area (Å²) < 4.78 is 19.2. The first kappa shape index (κ1) is 24.5. The van der Waals surface area contributed by atoms with Gasteiger partial charge in [0, 0.05) is 17.4 Å². The topological polar surface area (TPSA) is 75.6 Å². The molecule has 1 atom stereocenters. The Labute approximate surface area is 218 Å². The lowest BCUT2D eigenvalue weighted by Crippen LogP contribution is -2.42. The average molecular weight is 516 g/mol. The molecular formula is C30H23ClFNO4. The number of carboxylic acid groups (broad SMARTS) is 1. The number of amides is 1. The summed E-state index contributed by atoms with van der Waals surface area (Å²) in [4.78, 5) is 24.5. The number of alkyl carbamates (subject to hydrolysis) is 1. The first-order valence-electron chi connectivity index (χ1n) is 11.8. The number of carboxylic acids is 1. The fourth-order valence-electron chi connectivity index (χ4n) is 4.77. The van der Waals surface area contributed by atoms with Crippen molar-refractivity contribution in [3.8, 4) is 22.3 Å². The van der Waals surface area contributed by atoms with Crippen molar-refractivity contribution < 1.29 is 23.8 Å². The highest BCUT2D eigenvalue weighted by Crippen LogP contribution is 2.44. The molecule has 0 aliphatic heterocycles. The van der Waals surface area contributed by atoms with Crippen molar-refractivity contribution in [3.63, 3.8) is 0 Å². The third-order valence-corrected chi connectivity index (χ3v) is 6.74. The molecule has 1 aliphatic rings. The Balaban J connectivity index is 1.23. The summed E-state index contributed by atoms with van der Waals surface area (Å²) in [7, 11) is 0. The van der Waals surface area contributed by atoms with Gasteiger partial charge >= 0.3 is 12.1 Å². The van der Waals surface area contributed by atoms with Crippen LogP contribution < -0.4 is 5.32 Å². The van der Waals surface area contributed by atoms with Crippen LogP contribution in [-0.2, 0) is 16.0 Å². The highest BCUT2D eigenvalue weighted by molar-refractivity contribution is 6.30. The van der Waals surface area contributed by atoms with Gasteiger partial charge in [0.2, 0.25) is 0 Å². The lowest BCUT2D eigenvalue weighted by atomic mass is 9.98. The molecular weight excluding hydrogens is 493 g/mol. The zero-order valence-electron chi connectivity index (χ0n) is 19.7. The summed E-state index contributed by atoms with van der Waals surface area (Å²) in [5.74, 6) is -1.73. The van der Waals surface area contributed by atoms with Crippen LogP contribution in [0.3, 0.4) is 0 Å². The fourth-order valence-corrected chi connectivity index (χ4v) is 4.99. The first-order valence-corrected chi connectivity index (χ1v) is 12.2. The molecule has 4 aromatic rings. The van der Waals surface area contributed by atoms with Crippen LogP contribution in [0.1, 0.15) is 22.6 Å².